The fourth-order valence-electron chi connectivity index (χ4n) is 3.24. The van der Waals surface area contributed by atoms with Crippen LogP contribution < -0.4 is 10.1 Å². The van der Waals surface area contributed by atoms with E-state index in [2.05, 4.69) is 10.4 Å². The van der Waals surface area contributed by atoms with Gasteiger partial charge in [-0.1, -0.05) is 11.6 Å². The zero-order valence-corrected chi connectivity index (χ0v) is 14.9. The lowest BCUT2D eigenvalue weighted by Crippen LogP contribution is -2.25. The Balaban J connectivity index is 1.92. The number of carbonyl (C=O) groups is 1. The Hall–Kier alpha value is -2.86. The minimum absolute atomic E-state index is 0.0567. The predicted octanol–water partition coefficient (Wildman–Crippen LogP) is 4.19. The highest BCUT2D eigenvalue weighted by Crippen LogP contribution is 2.42. The summed E-state index contributed by atoms with van der Waals surface area (Å²) in [4.78, 5) is 11.6. The fourth-order valence-corrected chi connectivity index (χ4v) is 3.52. The van der Waals surface area contributed by atoms with Crippen molar-refractivity contribution in [2.75, 3.05) is 11.9 Å². The largest absolute Gasteiger partial charge is 0.480 e. The number of ether oxygens (including phenoxy) is 1. The molecule has 26 heavy (non-hydrogen) atoms. The van der Waals surface area contributed by atoms with Gasteiger partial charge in [0.2, 0.25) is 0 Å². The summed E-state index contributed by atoms with van der Waals surface area (Å²) in [7, 11) is 1.83. The number of nitrogens with one attached hydrogen (secondary N) is 1. The van der Waals surface area contributed by atoms with Crippen LogP contribution in [0.15, 0.2) is 36.4 Å². The van der Waals surface area contributed by atoms with E-state index < -0.39 is 0 Å². The van der Waals surface area contributed by atoms with Crippen LogP contribution in [0, 0.1) is 12.7 Å². The highest BCUT2D eigenvalue weighted by Gasteiger charge is 2.23. The molecule has 0 spiro atoms. The molecule has 0 saturated heterocycles. The molecule has 2 heterocycles. The molecule has 0 atom stereocenters. The first-order valence-electron chi connectivity index (χ1n) is 8.00. The van der Waals surface area contributed by atoms with Crippen molar-refractivity contribution in [2.24, 2.45) is 7.05 Å². The number of hydrogen-bond acceptors (Lipinski definition) is 3. The van der Waals surface area contributed by atoms with E-state index in [4.69, 9.17) is 16.3 Å². The van der Waals surface area contributed by atoms with Crippen molar-refractivity contribution < 1.29 is 13.9 Å². The third-order valence-electron chi connectivity index (χ3n) is 4.29. The van der Waals surface area contributed by atoms with Crippen LogP contribution in [0.25, 0.3) is 22.4 Å². The molecule has 0 unspecified atom stereocenters. The molecule has 2 aromatic carbocycles. The summed E-state index contributed by atoms with van der Waals surface area (Å²) < 4.78 is 20.5. The fraction of sp³-hybridized carbons (Fsp3) is 0.158. The van der Waals surface area contributed by atoms with Crippen molar-refractivity contribution in [3.05, 3.63) is 52.9 Å². The Morgan fingerprint density at radius 2 is 1.96 bits per heavy atom. The predicted molar refractivity (Wildman–Crippen MR) is 97.9 cm³/mol. The maximum atomic E-state index is 13.3. The molecule has 132 valence electrons. The second kappa shape index (κ2) is 6.14. The van der Waals surface area contributed by atoms with Gasteiger partial charge in [0, 0.05) is 18.2 Å². The molecular formula is C19H15ClFN3O2. The van der Waals surface area contributed by atoms with E-state index >= 15 is 0 Å². The second-order valence-corrected chi connectivity index (χ2v) is 6.52. The monoisotopic (exact) mass is 371 g/mol. The van der Waals surface area contributed by atoms with Crippen molar-refractivity contribution in [3.8, 4) is 28.1 Å². The highest BCUT2D eigenvalue weighted by atomic mass is 35.5. The van der Waals surface area contributed by atoms with Crippen molar-refractivity contribution in [1.29, 1.82) is 0 Å². The third-order valence-corrected chi connectivity index (χ3v) is 4.57. The van der Waals surface area contributed by atoms with Crippen molar-refractivity contribution in [2.45, 2.75) is 6.92 Å². The average Bonchev–Trinajstić information content (AvgIpc) is 2.89. The van der Waals surface area contributed by atoms with Crippen molar-refractivity contribution >= 4 is 23.2 Å². The van der Waals surface area contributed by atoms with E-state index in [0.717, 1.165) is 28.1 Å². The molecule has 5 nitrogen and oxygen atoms in total. The lowest BCUT2D eigenvalue weighted by atomic mass is 9.98. The molecule has 0 bridgehead atoms. The number of halogens is 2. The minimum atomic E-state index is -0.300. The summed E-state index contributed by atoms with van der Waals surface area (Å²) >= 11 is 6.37. The Bertz CT molecular complexity index is 1030. The zero-order chi connectivity index (χ0) is 18.4. The van der Waals surface area contributed by atoms with Crippen LogP contribution in [0.5, 0.6) is 5.75 Å². The summed E-state index contributed by atoms with van der Waals surface area (Å²) in [6.07, 6.45) is 0. The molecule has 0 fully saturated rings. The van der Waals surface area contributed by atoms with Crippen molar-refractivity contribution in [3.63, 3.8) is 0 Å². The van der Waals surface area contributed by atoms with E-state index in [1.165, 1.54) is 12.1 Å². The molecule has 1 aromatic heterocycles. The molecule has 3 aromatic rings. The smallest absolute Gasteiger partial charge is 0.262 e. The summed E-state index contributed by atoms with van der Waals surface area (Å²) in [6, 6.07) is 9.84. The summed E-state index contributed by atoms with van der Waals surface area (Å²) in [5.41, 5.74) is 4.65. The lowest BCUT2D eigenvalue weighted by molar-refractivity contribution is -0.118. The topological polar surface area (TPSA) is 56.2 Å². The highest BCUT2D eigenvalue weighted by molar-refractivity contribution is 6.33. The van der Waals surface area contributed by atoms with Gasteiger partial charge in [0.25, 0.3) is 5.91 Å². The molecule has 0 radical (unpaired) electrons. The van der Waals surface area contributed by atoms with E-state index in [9.17, 15) is 9.18 Å². The Morgan fingerprint density at radius 1 is 1.23 bits per heavy atom. The van der Waals surface area contributed by atoms with Crippen LogP contribution in [-0.2, 0) is 11.8 Å². The van der Waals surface area contributed by atoms with Crippen LogP contribution in [0.3, 0.4) is 0 Å². The summed E-state index contributed by atoms with van der Waals surface area (Å²) in [6.45, 7) is 1.84. The average molecular weight is 372 g/mol. The molecule has 7 heteroatoms. The van der Waals surface area contributed by atoms with Gasteiger partial charge in [-0.25, -0.2) is 4.39 Å². The molecule has 1 N–H and O–H groups in total. The van der Waals surface area contributed by atoms with Crippen LogP contribution in [0.4, 0.5) is 10.1 Å². The Labute approximate surface area is 154 Å². The molecule has 1 aliphatic heterocycles. The molecule has 0 saturated carbocycles. The number of hydrogen-bond donors (Lipinski definition) is 1. The number of anilines is 1. The number of nitrogens with zero attached hydrogens (tertiary/aromatic N) is 2. The molecule has 1 amide bonds. The molecule has 1 aliphatic rings. The Kier molecular flexibility index (Phi) is 3.92. The summed E-state index contributed by atoms with van der Waals surface area (Å²) in [5, 5.41) is 7.69. The minimum Gasteiger partial charge on any atom is -0.480 e. The van der Waals surface area contributed by atoms with Crippen LogP contribution in [-0.4, -0.2) is 22.3 Å². The van der Waals surface area contributed by atoms with E-state index in [1.807, 2.05) is 20.0 Å². The van der Waals surface area contributed by atoms with Crippen LogP contribution in [0.1, 0.15) is 5.69 Å². The van der Waals surface area contributed by atoms with E-state index in [-0.39, 0.29) is 18.3 Å². The first-order chi connectivity index (χ1) is 12.4. The molecule has 0 aliphatic carbocycles. The van der Waals surface area contributed by atoms with Crippen molar-refractivity contribution in [1.82, 2.24) is 9.78 Å². The molecule has 4 rings (SSSR count). The summed E-state index contributed by atoms with van der Waals surface area (Å²) in [5.74, 6) is -0.0712. The van der Waals surface area contributed by atoms with Gasteiger partial charge in [0.15, 0.2) is 12.4 Å². The van der Waals surface area contributed by atoms with Gasteiger partial charge in [-0.3, -0.25) is 9.48 Å². The number of aryl methyl sites for hydroxylation is 2. The third kappa shape index (κ3) is 2.72. The normalized spacial score (nSPS) is 13.2. The van der Waals surface area contributed by atoms with Gasteiger partial charge in [-0.2, -0.15) is 5.10 Å². The van der Waals surface area contributed by atoms with E-state index in [1.54, 1.807) is 22.9 Å². The van der Waals surface area contributed by atoms with Crippen LogP contribution in [0.2, 0.25) is 5.02 Å². The second-order valence-electron chi connectivity index (χ2n) is 6.11. The maximum Gasteiger partial charge on any atom is 0.262 e. The van der Waals surface area contributed by atoms with Gasteiger partial charge in [0.1, 0.15) is 5.82 Å². The zero-order valence-electron chi connectivity index (χ0n) is 14.1. The first-order valence-corrected chi connectivity index (χ1v) is 8.38. The lowest BCUT2D eigenvalue weighted by Gasteiger charge is -2.20. The van der Waals surface area contributed by atoms with Gasteiger partial charge in [-0.15, -0.1) is 0 Å². The standard InChI is InChI=1S/C19H15ClFN3O2/c1-10-17(18(24(2)23-10)11-3-5-13(21)6-4-11)12-7-14(20)19-15(8-12)22-16(25)9-26-19/h3-8H,9H2,1-2H3,(H,22,25). The number of benzene rings is 2. The first kappa shape index (κ1) is 16.6. The molecular weight excluding hydrogens is 357 g/mol. The van der Waals surface area contributed by atoms with Gasteiger partial charge in [-0.05, 0) is 48.9 Å². The van der Waals surface area contributed by atoms with Gasteiger partial charge >= 0.3 is 0 Å². The van der Waals surface area contributed by atoms with E-state index in [0.29, 0.717) is 16.5 Å². The maximum absolute atomic E-state index is 13.3. The number of fused-ring (bicyclic) bond motifs is 1. The number of carbonyl (C=O) groups excluding carboxylic acids is 1. The Morgan fingerprint density at radius 3 is 2.69 bits per heavy atom. The number of rotatable bonds is 2. The number of aromatic nitrogens is 2. The SMILES string of the molecule is Cc1nn(C)c(-c2ccc(F)cc2)c1-c1cc(Cl)c2c(c1)NC(=O)CO2. The number of amides is 1. The van der Waals surface area contributed by atoms with Crippen LogP contribution >= 0.6 is 11.6 Å². The van der Waals surface area contributed by atoms with Gasteiger partial charge < -0.3 is 10.1 Å². The quantitative estimate of drug-likeness (QED) is 0.735. The van der Waals surface area contributed by atoms with Gasteiger partial charge in [0.05, 0.1) is 22.1 Å².